The second-order valence-electron chi connectivity index (χ2n) is 4.23. The van der Waals surface area contributed by atoms with E-state index >= 15 is 0 Å². The van der Waals surface area contributed by atoms with Crippen molar-refractivity contribution < 1.29 is 0 Å². The van der Waals surface area contributed by atoms with E-state index in [1.165, 1.54) is 0 Å². The Morgan fingerprint density at radius 3 is 2.73 bits per heavy atom. The van der Waals surface area contributed by atoms with E-state index in [2.05, 4.69) is 27.8 Å². The van der Waals surface area contributed by atoms with Crippen molar-refractivity contribution in [1.29, 1.82) is 0 Å². The van der Waals surface area contributed by atoms with Gasteiger partial charge in [-0.15, -0.1) is 0 Å². The lowest BCUT2D eigenvalue weighted by Gasteiger charge is -2.17. The molecule has 2 rings (SSSR count). The van der Waals surface area contributed by atoms with Crippen LogP contribution in [-0.2, 0) is 7.05 Å². The van der Waals surface area contributed by atoms with E-state index in [1.807, 2.05) is 12.3 Å². The zero-order chi connectivity index (χ0) is 11.0. The highest BCUT2D eigenvalue weighted by Crippen LogP contribution is 2.26. The second kappa shape index (κ2) is 4.00. The van der Waals surface area contributed by atoms with Gasteiger partial charge in [-0.2, -0.15) is 0 Å². The van der Waals surface area contributed by atoms with Crippen LogP contribution in [0.1, 0.15) is 6.92 Å². The van der Waals surface area contributed by atoms with E-state index < -0.39 is 0 Å². The zero-order valence-electron chi connectivity index (χ0n) is 8.98. The van der Waals surface area contributed by atoms with Gasteiger partial charge in [-0.05, 0) is 12.0 Å². The Balaban J connectivity index is 2.24. The van der Waals surface area contributed by atoms with Gasteiger partial charge in [-0.1, -0.05) is 22.9 Å². The first kappa shape index (κ1) is 10.7. The summed E-state index contributed by atoms with van der Waals surface area (Å²) in [5.41, 5.74) is 1.09. The van der Waals surface area contributed by atoms with Gasteiger partial charge in [0.1, 0.15) is 0 Å². The monoisotopic (exact) mass is 270 g/mol. The summed E-state index contributed by atoms with van der Waals surface area (Å²) in [4.78, 5) is 14.3. The fraction of sp³-hybridized carbons (Fsp3) is 0.545. The Hall–Kier alpha value is -0.770. The van der Waals surface area contributed by atoms with Crippen LogP contribution in [-0.4, -0.2) is 22.5 Å². The maximum Gasteiger partial charge on any atom is 0.252 e. The molecule has 2 heterocycles. The molecule has 0 radical (unpaired) electrons. The summed E-state index contributed by atoms with van der Waals surface area (Å²) in [6, 6.07) is 3.71. The molecule has 1 aromatic rings. The molecule has 2 atom stereocenters. The van der Waals surface area contributed by atoms with Crippen molar-refractivity contribution in [3.8, 4) is 0 Å². The van der Waals surface area contributed by atoms with Gasteiger partial charge in [-0.25, -0.2) is 0 Å². The summed E-state index contributed by atoms with van der Waals surface area (Å²) in [7, 11) is 1.77. The molecule has 0 amide bonds. The Morgan fingerprint density at radius 2 is 2.20 bits per heavy atom. The molecule has 1 aromatic heterocycles. The van der Waals surface area contributed by atoms with Crippen molar-refractivity contribution in [2.45, 2.75) is 11.8 Å². The normalized spacial score (nSPS) is 25.9. The number of aryl methyl sites for hydroxylation is 1. The number of nitrogens with zero attached hydrogens (tertiary/aromatic N) is 2. The van der Waals surface area contributed by atoms with E-state index in [0.717, 1.165) is 18.8 Å². The van der Waals surface area contributed by atoms with Crippen molar-refractivity contribution >= 4 is 21.6 Å². The number of alkyl halides is 1. The van der Waals surface area contributed by atoms with Crippen LogP contribution < -0.4 is 10.5 Å². The van der Waals surface area contributed by atoms with Crippen LogP contribution in [0.25, 0.3) is 0 Å². The quantitative estimate of drug-likeness (QED) is 0.725. The number of halogens is 1. The lowest BCUT2D eigenvalue weighted by atomic mass is 10.2. The topological polar surface area (TPSA) is 25.2 Å². The summed E-state index contributed by atoms with van der Waals surface area (Å²) in [5, 5.41) is 0. The summed E-state index contributed by atoms with van der Waals surface area (Å²) in [5.74, 6) is 0.633. The van der Waals surface area contributed by atoms with E-state index in [0.29, 0.717) is 10.7 Å². The van der Waals surface area contributed by atoms with Crippen molar-refractivity contribution in [2.24, 2.45) is 13.0 Å². The lowest BCUT2D eigenvalue weighted by Crippen LogP contribution is -2.23. The van der Waals surface area contributed by atoms with Gasteiger partial charge in [0.25, 0.3) is 5.56 Å². The average molecular weight is 271 g/mol. The van der Waals surface area contributed by atoms with Gasteiger partial charge in [0.15, 0.2) is 0 Å². The van der Waals surface area contributed by atoms with Gasteiger partial charge >= 0.3 is 0 Å². The first-order chi connectivity index (χ1) is 7.08. The zero-order valence-corrected chi connectivity index (χ0v) is 10.6. The molecule has 0 bridgehead atoms. The number of anilines is 1. The van der Waals surface area contributed by atoms with Crippen LogP contribution in [0.5, 0.6) is 0 Å². The summed E-state index contributed by atoms with van der Waals surface area (Å²) in [6.45, 7) is 4.22. The third kappa shape index (κ3) is 2.09. The first-order valence-corrected chi connectivity index (χ1v) is 6.05. The molecule has 82 valence electrons. The van der Waals surface area contributed by atoms with E-state index in [4.69, 9.17) is 0 Å². The van der Waals surface area contributed by atoms with Gasteiger partial charge in [0, 0.05) is 42.9 Å². The van der Waals surface area contributed by atoms with Crippen molar-refractivity contribution in [3.05, 3.63) is 28.7 Å². The molecule has 1 fully saturated rings. The molecule has 1 saturated heterocycles. The van der Waals surface area contributed by atoms with E-state index in [1.54, 1.807) is 17.7 Å². The molecular formula is C11H15BrN2O. The van der Waals surface area contributed by atoms with Gasteiger partial charge in [0.2, 0.25) is 0 Å². The minimum absolute atomic E-state index is 0.0539. The number of hydrogen-bond donors (Lipinski definition) is 0. The smallest absolute Gasteiger partial charge is 0.252 e. The number of pyridine rings is 1. The molecule has 0 aromatic carbocycles. The van der Waals surface area contributed by atoms with Crippen LogP contribution >= 0.6 is 15.9 Å². The third-order valence-electron chi connectivity index (χ3n) is 2.97. The molecule has 0 saturated carbocycles. The fourth-order valence-electron chi connectivity index (χ4n) is 1.87. The van der Waals surface area contributed by atoms with Crippen LogP contribution in [0, 0.1) is 5.92 Å². The highest BCUT2D eigenvalue weighted by molar-refractivity contribution is 9.09. The molecule has 15 heavy (non-hydrogen) atoms. The lowest BCUT2D eigenvalue weighted by molar-refractivity contribution is 0.679. The molecule has 1 aliphatic rings. The molecule has 4 heteroatoms. The van der Waals surface area contributed by atoms with Crippen molar-refractivity contribution in [1.82, 2.24) is 4.57 Å². The minimum atomic E-state index is 0.0539. The summed E-state index contributed by atoms with van der Waals surface area (Å²) in [6.07, 6.45) is 1.82. The van der Waals surface area contributed by atoms with E-state index in [-0.39, 0.29) is 5.56 Å². The average Bonchev–Trinajstić information content (AvgIpc) is 2.52. The third-order valence-corrected chi connectivity index (χ3v) is 4.17. The minimum Gasteiger partial charge on any atom is -0.370 e. The maximum atomic E-state index is 11.5. The molecule has 1 aliphatic heterocycles. The first-order valence-electron chi connectivity index (χ1n) is 5.13. The number of aromatic nitrogens is 1. The highest BCUT2D eigenvalue weighted by atomic mass is 79.9. The summed E-state index contributed by atoms with van der Waals surface area (Å²) >= 11 is 3.65. The van der Waals surface area contributed by atoms with Crippen LogP contribution in [0.4, 0.5) is 5.69 Å². The Morgan fingerprint density at radius 1 is 1.47 bits per heavy atom. The van der Waals surface area contributed by atoms with E-state index in [9.17, 15) is 4.79 Å². The van der Waals surface area contributed by atoms with Gasteiger partial charge < -0.3 is 9.47 Å². The molecule has 3 nitrogen and oxygen atoms in total. The highest BCUT2D eigenvalue weighted by Gasteiger charge is 2.27. The molecular weight excluding hydrogens is 256 g/mol. The predicted octanol–water partition coefficient (Wildman–Crippen LogP) is 1.60. The Kier molecular flexibility index (Phi) is 2.87. The standard InChI is InChI=1S/C11H15BrN2O/c1-8-6-14(7-10(8)12)9-3-4-13(2)11(15)5-9/h3-5,8,10H,6-7H2,1-2H3. The number of rotatable bonds is 1. The molecule has 2 unspecified atom stereocenters. The molecule has 0 spiro atoms. The predicted molar refractivity (Wildman–Crippen MR) is 65.8 cm³/mol. The molecule has 0 aliphatic carbocycles. The fourth-order valence-corrected chi connectivity index (χ4v) is 2.39. The van der Waals surface area contributed by atoms with Crippen molar-refractivity contribution in [2.75, 3.05) is 18.0 Å². The van der Waals surface area contributed by atoms with Crippen LogP contribution in [0.2, 0.25) is 0 Å². The Bertz CT molecular complexity index is 405. The number of hydrogen-bond acceptors (Lipinski definition) is 2. The van der Waals surface area contributed by atoms with Crippen molar-refractivity contribution in [3.63, 3.8) is 0 Å². The van der Waals surface area contributed by atoms with Gasteiger partial charge in [0.05, 0.1) is 0 Å². The van der Waals surface area contributed by atoms with Crippen LogP contribution in [0.3, 0.4) is 0 Å². The van der Waals surface area contributed by atoms with Crippen LogP contribution in [0.15, 0.2) is 23.1 Å². The summed E-state index contributed by atoms with van der Waals surface area (Å²) < 4.78 is 1.59. The maximum absolute atomic E-state index is 11.5. The molecule has 0 N–H and O–H groups in total. The second-order valence-corrected chi connectivity index (χ2v) is 5.41. The SMILES string of the molecule is CC1CN(c2ccn(C)c(=O)c2)CC1Br. The van der Waals surface area contributed by atoms with Gasteiger partial charge in [-0.3, -0.25) is 4.79 Å². The Labute approximate surface area is 97.8 Å². The largest absolute Gasteiger partial charge is 0.370 e.